The summed E-state index contributed by atoms with van der Waals surface area (Å²) < 4.78 is 25.6. The molecule has 0 aromatic heterocycles. The fraction of sp³-hybridized carbons (Fsp3) is 1.00. The van der Waals surface area contributed by atoms with Crippen LogP contribution >= 0.6 is 0 Å². The van der Waals surface area contributed by atoms with E-state index in [1.165, 1.54) is 0 Å². The molecule has 0 aromatic rings. The number of hydrogen-bond acceptors (Lipinski definition) is 2. The normalized spacial score (nSPS) is 19.9. The predicted octanol–water partition coefficient (Wildman–Crippen LogP) is 0.547. The number of nitrogens with zero attached hydrogens (tertiary/aromatic N) is 1. The highest BCUT2D eigenvalue weighted by Crippen LogP contribution is 2.17. The van der Waals surface area contributed by atoms with Crippen molar-refractivity contribution in [2.45, 2.75) is 12.3 Å². The van der Waals surface area contributed by atoms with Crippen LogP contribution in [0.2, 0.25) is 0 Å². The van der Waals surface area contributed by atoms with Gasteiger partial charge in [-0.25, -0.2) is 8.78 Å². The highest BCUT2D eigenvalue weighted by Gasteiger charge is 2.32. The summed E-state index contributed by atoms with van der Waals surface area (Å²) in [6, 6.07) is 0. The Labute approximate surface area is 65.6 Å². The zero-order valence-corrected chi connectivity index (χ0v) is 6.74. The molecule has 1 fully saturated rings. The van der Waals surface area contributed by atoms with Gasteiger partial charge in [0.05, 0.1) is 13.1 Å². The van der Waals surface area contributed by atoms with Gasteiger partial charge in [-0.1, -0.05) is 0 Å². The molecule has 0 aliphatic carbocycles. The van der Waals surface area contributed by atoms with Crippen molar-refractivity contribution in [3.63, 3.8) is 0 Å². The minimum Gasteiger partial charge on any atom is -0.314 e. The van der Waals surface area contributed by atoms with Crippen LogP contribution in [-0.4, -0.2) is 44.0 Å². The lowest BCUT2D eigenvalue weighted by molar-refractivity contribution is -0.0430. The molecule has 1 aliphatic rings. The first-order valence-corrected chi connectivity index (χ1v) is 3.89. The number of alkyl halides is 2. The van der Waals surface area contributed by atoms with E-state index in [0.717, 1.165) is 19.5 Å². The van der Waals surface area contributed by atoms with Crippen LogP contribution in [0, 0.1) is 0 Å². The van der Waals surface area contributed by atoms with Crippen LogP contribution in [0.3, 0.4) is 0 Å². The van der Waals surface area contributed by atoms with Crippen LogP contribution in [0.25, 0.3) is 0 Å². The molecule has 0 spiro atoms. The number of rotatable bonds is 4. The van der Waals surface area contributed by atoms with Gasteiger partial charge in [0.25, 0.3) is 5.92 Å². The summed E-state index contributed by atoms with van der Waals surface area (Å²) >= 11 is 0. The smallest absolute Gasteiger partial charge is 0.272 e. The molecule has 1 saturated heterocycles. The molecule has 0 saturated carbocycles. The lowest BCUT2D eigenvalue weighted by Gasteiger charge is -2.33. The summed E-state index contributed by atoms with van der Waals surface area (Å²) in [7, 11) is 1.55. The van der Waals surface area contributed by atoms with E-state index >= 15 is 0 Å². The first-order chi connectivity index (χ1) is 5.14. The number of hydrogen-bond donors (Lipinski definition) is 1. The van der Waals surface area contributed by atoms with Gasteiger partial charge in [0.15, 0.2) is 0 Å². The average molecular weight is 164 g/mol. The Balaban J connectivity index is 2.20. The second-order valence-electron chi connectivity index (χ2n) is 3.02. The second kappa shape index (κ2) is 3.45. The van der Waals surface area contributed by atoms with Crippen molar-refractivity contribution >= 4 is 0 Å². The van der Waals surface area contributed by atoms with Gasteiger partial charge in [0, 0.05) is 0 Å². The first kappa shape index (κ1) is 8.87. The maximum absolute atomic E-state index is 12.8. The summed E-state index contributed by atoms with van der Waals surface area (Å²) in [5.74, 6) is -2.56. The average Bonchev–Trinajstić information content (AvgIpc) is 1.79. The summed E-state index contributed by atoms with van der Waals surface area (Å²) in [4.78, 5) is 1.78. The Morgan fingerprint density at radius 2 is 2.09 bits per heavy atom. The van der Waals surface area contributed by atoms with Gasteiger partial charge < -0.3 is 5.32 Å². The minimum atomic E-state index is -2.56. The standard InChI is InChI=1S/C7H14F2N2/c1-10-5-7(8,9)6-11-3-2-4-11/h10H,2-6H2,1H3. The quantitative estimate of drug-likeness (QED) is 0.652. The lowest BCUT2D eigenvalue weighted by atomic mass is 10.2. The highest BCUT2D eigenvalue weighted by atomic mass is 19.3. The molecule has 0 unspecified atom stereocenters. The van der Waals surface area contributed by atoms with E-state index in [4.69, 9.17) is 0 Å². The van der Waals surface area contributed by atoms with Gasteiger partial charge in [-0.3, -0.25) is 4.90 Å². The fourth-order valence-electron chi connectivity index (χ4n) is 1.18. The maximum Gasteiger partial charge on any atom is 0.272 e. The lowest BCUT2D eigenvalue weighted by Crippen LogP contribution is -2.48. The van der Waals surface area contributed by atoms with Crippen LogP contribution in [-0.2, 0) is 0 Å². The summed E-state index contributed by atoms with van der Waals surface area (Å²) in [5, 5.41) is 2.48. The van der Waals surface area contributed by atoms with Gasteiger partial charge in [0.2, 0.25) is 0 Å². The Hall–Kier alpha value is -0.220. The molecule has 4 heteroatoms. The molecule has 0 aromatic carbocycles. The van der Waals surface area contributed by atoms with Gasteiger partial charge in [-0.2, -0.15) is 0 Å². The molecule has 0 amide bonds. The van der Waals surface area contributed by atoms with Crippen molar-refractivity contribution in [3.05, 3.63) is 0 Å². The van der Waals surface area contributed by atoms with Crippen molar-refractivity contribution < 1.29 is 8.78 Å². The van der Waals surface area contributed by atoms with Gasteiger partial charge in [0.1, 0.15) is 0 Å². The number of halogens is 2. The predicted molar refractivity (Wildman–Crippen MR) is 39.9 cm³/mol. The van der Waals surface area contributed by atoms with E-state index < -0.39 is 5.92 Å². The van der Waals surface area contributed by atoms with Crippen molar-refractivity contribution in [2.75, 3.05) is 33.2 Å². The van der Waals surface area contributed by atoms with Crippen molar-refractivity contribution in [3.8, 4) is 0 Å². The van der Waals surface area contributed by atoms with E-state index in [0.29, 0.717) is 0 Å². The molecule has 66 valence electrons. The zero-order chi connectivity index (χ0) is 8.32. The van der Waals surface area contributed by atoms with Gasteiger partial charge >= 0.3 is 0 Å². The molecule has 0 atom stereocenters. The molecule has 11 heavy (non-hydrogen) atoms. The molecular weight excluding hydrogens is 150 g/mol. The van der Waals surface area contributed by atoms with E-state index in [1.54, 1.807) is 11.9 Å². The highest BCUT2D eigenvalue weighted by molar-refractivity contribution is 4.78. The molecule has 0 bridgehead atoms. The molecule has 1 aliphatic heterocycles. The Bertz CT molecular complexity index is 124. The Kier molecular flexibility index (Phi) is 2.78. The van der Waals surface area contributed by atoms with Crippen LogP contribution in [0.15, 0.2) is 0 Å². The minimum absolute atomic E-state index is 0.0894. The SMILES string of the molecule is CNCC(F)(F)CN1CCC1. The molecule has 1 rings (SSSR count). The van der Waals surface area contributed by atoms with E-state index in [1.807, 2.05) is 0 Å². The fourth-order valence-corrected chi connectivity index (χ4v) is 1.18. The van der Waals surface area contributed by atoms with E-state index in [-0.39, 0.29) is 13.1 Å². The molecular formula is C7H14F2N2. The van der Waals surface area contributed by atoms with Crippen LogP contribution in [0.5, 0.6) is 0 Å². The van der Waals surface area contributed by atoms with Gasteiger partial charge in [-0.05, 0) is 26.6 Å². The molecule has 1 N–H and O–H groups in total. The first-order valence-electron chi connectivity index (χ1n) is 3.89. The topological polar surface area (TPSA) is 15.3 Å². The van der Waals surface area contributed by atoms with Crippen molar-refractivity contribution in [2.24, 2.45) is 0 Å². The molecule has 0 radical (unpaired) electrons. The molecule has 1 heterocycles. The van der Waals surface area contributed by atoms with Crippen molar-refractivity contribution in [1.29, 1.82) is 0 Å². The Morgan fingerprint density at radius 3 is 2.45 bits per heavy atom. The zero-order valence-electron chi connectivity index (χ0n) is 6.74. The molecule has 2 nitrogen and oxygen atoms in total. The third kappa shape index (κ3) is 2.71. The Morgan fingerprint density at radius 1 is 1.45 bits per heavy atom. The van der Waals surface area contributed by atoms with E-state index in [9.17, 15) is 8.78 Å². The maximum atomic E-state index is 12.8. The summed E-state index contributed by atoms with van der Waals surface area (Å²) in [6.07, 6.45) is 1.07. The summed E-state index contributed by atoms with van der Waals surface area (Å²) in [6.45, 7) is 1.36. The third-order valence-electron chi connectivity index (χ3n) is 1.84. The van der Waals surface area contributed by atoms with Crippen LogP contribution in [0.4, 0.5) is 8.78 Å². The summed E-state index contributed by atoms with van der Waals surface area (Å²) in [5.41, 5.74) is 0. The van der Waals surface area contributed by atoms with E-state index in [2.05, 4.69) is 5.32 Å². The number of nitrogens with one attached hydrogen (secondary N) is 1. The third-order valence-corrected chi connectivity index (χ3v) is 1.84. The number of likely N-dealkylation sites (tertiary alicyclic amines) is 1. The second-order valence-corrected chi connectivity index (χ2v) is 3.02. The monoisotopic (exact) mass is 164 g/mol. The van der Waals surface area contributed by atoms with Gasteiger partial charge in [-0.15, -0.1) is 0 Å². The van der Waals surface area contributed by atoms with Crippen molar-refractivity contribution in [1.82, 2.24) is 10.2 Å². The van der Waals surface area contributed by atoms with Crippen LogP contribution in [0.1, 0.15) is 6.42 Å². The van der Waals surface area contributed by atoms with Crippen LogP contribution < -0.4 is 5.32 Å². The largest absolute Gasteiger partial charge is 0.314 e.